The molecule has 3 N–H and O–H groups in total. The standard InChI is InChI=1S/C49H55F2N7O8S/c1-30(2)34-6-3-4-7-35(34)39-8-5-16-57(39)32-26-48(27-32)11-17-56(18-12-48)40-24-42(66-33-22-31-9-15-52-46(31)53-28-33)37(23-38(40)50)47(59)55-67(62,63)43-25-41(58(60)61)44(45-36(43)10-19-65-45)54-29-49(51)13-20-64-21-14-49/h3-4,6-7,9,15,22-25,28,30,32,39,54H,5,8,10-14,16-21,26-27,29H2,1-2H3,(H,52,53)(H,55,59)/t39-/m0/s1. The van der Waals surface area contributed by atoms with Gasteiger partial charge in [-0.2, -0.15) is 0 Å². The molecule has 5 aliphatic rings. The molecule has 0 bridgehead atoms. The fraction of sp³-hybridized carbons (Fsp3) is 0.469. The molecule has 0 unspecified atom stereocenters. The number of alkyl halides is 1. The highest BCUT2D eigenvalue weighted by molar-refractivity contribution is 7.90. The first-order valence-corrected chi connectivity index (χ1v) is 24.8. The maximum Gasteiger partial charge on any atom is 0.297 e. The van der Waals surface area contributed by atoms with Gasteiger partial charge in [0.05, 0.1) is 29.0 Å². The number of benzene rings is 3. The van der Waals surface area contributed by atoms with Gasteiger partial charge in [-0.1, -0.05) is 38.1 Å². The van der Waals surface area contributed by atoms with Crippen LogP contribution in [0, 0.1) is 21.3 Å². The van der Waals surface area contributed by atoms with E-state index in [9.17, 15) is 23.3 Å². The Bertz CT molecular complexity index is 2830. The Morgan fingerprint density at radius 3 is 2.60 bits per heavy atom. The van der Waals surface area contributed by atoms with Crippen molar-refractivity contribution in [3.8, 4) is 17.2 Å². The lowest BCUT2D eigenvalue weighted by atomic mass is 9.59. The van der Waals surface area contributed by atoms with Crippen LogP contribution in [0.15, 0.2) is 71.9 Å². The molecule has 1 spiro atoms. The zero-order chi connectivity index (χ0) is 46.7. The Kier molecular flexibility index (Phi) is 11.9. The zero-order valence-electron chi connectivity index (χ0n) is 37.6. The van der Waals surface area contributed by atoms with Crippen LogP contribution in [0.5, 0.6) is 17.2 Å². The highest BCUT2D eigenvalue weighted by Gasteiger charge is 2.50. The van der Waals surface area contributed by atoms with Crippen LogP contribution < -0.4 is 24.4 Å². The molecule has 6 heterocycles. The van der Waals surface area contributed by atoms with Gasteiger partial charge in [-0.15, -0.1) is 0 Å². The second-order valence-electron chi connectivity index (χ2n) is 19.2. The summed E-state index contributed by atoms with van der Waals surface area (Å²) in [5, 5.41) is 15.9. The topological polar surface area (TPSA) is 181 Å². The summed E-state index contributed by atoms with van der Waals surface area (Å²) in [5.41, 5.74) is 0.946. The molecule has 10 rings (SSSR count). The molecule has 2 aromatic heterocycles. The maximum absolute atomic E-state index is 16.5. The Morgan fingerprint density at radius 1 is 1.06 bits per heavy atom. The zero-order valence-corrected chi connectivity index (χ0v) is 38.4. The number of sulfonamides is 1. The first-order chi connectivity index (χ1) is 32.2. The average molecular weight is 940 g/mol. The lowest BCUT2D eigenvalue weighted by Crippen LogP contribution is -2.55. The molecule has 1 atom stereocenters. The maximum atomic E-state index is 16.5. The summed E-state index contributed by atoms with van der Waals surface area (Å²) in [6.07, 6.45) is 9.59. The third-order valence-electron chi connectivity index (χ3n) is 14.7. The van der Waals surface area contributed by atoms with Gasteiger partial charge in [0, 0.05) is 93.5 Å². The monoisotopic (exact) mass is 939 g/mol. The smallest absolute Gasteiger partial charge is 0.297 e. The van der Waals surface area contributed by atoms with E-state index in [1.165, 1.54) is 29.8 Å². The Balaban J connectivity index is 0.892. The number of nitrogens with zero attached hydrogens (tertiary/aromatic N) is 4. The highest BCUT2D eigenvalue weighted by atomic mass is 32.2. The van der Waals surface area contributed by atoms with Crippen LogP contribution in [0.1, 0.15) is 104 Å². The summed E-state index contributed by atoms with van der Waals surface area (Å²) >= 11 is 0. The van der Waals surface area contributed by atoms with Gasteiger partial charge in [0.25, 0.3) is 21.6 Å². The van der Waals surface area contributed by atoms with Crippen molar-refractivity contribution < 1.29 is 41.1 Å². The first-order valence-electron chi connectivity index (χ1n) is 23.3. The number of hydrogen-bond acceptors (Lipinski definition) is 12. The van der Waals surface area contributed by atoms with Gasteiger partial charge < -0.3 is 29.4 Å². The van der Waals surface area contributed by atoms with E-state index in [-0.39, 0.29) is 85.2 Å². The Morgan fingerprint density at radius 2 is 1.84 bits per heavy atom. The van der Waals surface area contributed by atoms with Crippen LogP contribution >= 0.6 is 0 Å². The molecular weight excluding hydrogens is 885 g/mol. The number of rotatable bonds is 13. The number of likely N-dealkylation sites (tertiary alicyclic amines) is 1. The fourth-order valence-corrected chi connectivity index (χ4v) is 12.4. The summed E-state index contributed by atoms with van der Waals surface area (Å²) in [7, 11) is -4.86. The van der Waals surface area contributed by atoms with Gasteiger partial charge in [-0.3, -0.25) is 19.8 Å². The van der Waals surface area contributed by atoms with Crippen molar-refractivity contribution in [1.82, 2.24) is 19.6 Å². The number of nitro groups is 1. The van der Waals surface area contributed by atoms with Crippen molar-refractivity contribution in [3.63, 3.8) is 0 Å². The molecule has 67 heavy (non-hydrogen) atoms. The Hall–Kier alpha value is -5.85. The van der Waals surface area contributed by atoms with Crippen molar-refractivity contribution >= 4 is 44.0 Å². The minimum atomic E-state index is -4.86. The molecule has 5 aromatic rings. The number of pyridine rings is 1. The van der Waals surface area contributed by atoms with Gasteiger partial charge in [0.15, 0.2) is 11.4 Å². The molecule has 3 saturated heterocycles. The second kappa shape index (κ2) is 17.7. The van der Waals surface area contributed by atoms with Crippen molar-refractivity contribution in [3.05, 3.63) is 105 Å². The number of fused-ring (bicyclic) bond motifs is 2. The number of piperidine rings is 1. The van der Waals surface area contributed by atoms with Crippen LogP contribution in [0.2, 0.25) is 0 Å². The number of aromatic nitrogens is 2. The van der Waals surface area contributed by atoms with E-state index in [0.29, 0.717) is 42.1 Å². The SMILES string of the molecule is CC(C)c1ccccc1[C@@H]1CCCN1C1CC2(CCN(c3cc(Oc4cnc5[nH]ccc5c4)c(C(=O)NS(=O)(=O)c4cc([N+](=O)[O-])c(NCC5(F)CCOCC5)c5c4CCO5)cc3F)CC2)C1. The third kappa shape index (κ3) is 8.67. The number of hydrogen-bond donors (Lipinski definition) is 3. The first kappa shape index (κ1) is 45.0. The summed E-state index contributed by atoms with van der Waals surface area (Å²) in [4.78, 5) is 37.3. The molecule has 0 radical (unpaired) electrons. The lowest BCUT2D eigenvalue weighted by molar-refractivity contribution is -0.384. The number of amides is 1. The molecule has 4 fully saturated rings. The predicted octanol–water partition coefficient (Wildman–Crippen LogP) is 9.10. The van der Waals surface area contributed by atoms with Crippen molar-refractivity contribution in [2.45, 2.75) is 100 Å². The van der Waals surface area contributed by atoms with E-state index < -0.39 is 48.5 Å². The van der Waals surface area contributed by atoms with Crippen molar-refractivity contribution in [2.75, 3.05) is 56.2 Å². The number of ether oxygens (including phenoxy) is 3. The summed E-state index contributed by atoms with van der Waals surface area (Å²) in [6, 6.07) is 16.5. The molecule has 1 aliphatic carbocycles. The van der Waals surface area contributed by atoms with E-state index in [2.05, 4.69) is 58.3 Å². The molecule has 3 aromatic carbocycles. The van der Waals surface area contributed by atoms with E-state index in [4.69, 9.17) is 14.2 Å². The number of H-pyrrole nitrogens is 1. The van der Waals surface area contributed by atoms with Crippen LogP contribution in [0.25, 0.3) is 11.0 Å². The second-order valence-corrected chi connectivity index (χ2v) is 20.9. The van der Waals surface area contributed by atoms with Crippen LogP contribution in [0.4, 0.5) is 25.8 Å². The van der Waals surface area contributed by atoms with E-state index in [1.54, 1.807) is 18.3 Å². The fourth-order valence-electron chi connectivity index (χ4n) is 11.1. The molecule has 15 nitrogen and oxygen atoms in total. The van der Waals surface area contributed by atoms with Crippen LogP contribution in [-0.4, -0.2) is 91.8 Å². The average Bonchev–Trinajstić information content (AvgIpc) is 4.10. The normalized spacial score (nSPS) is 20.4. The number of carbonyl (C=O) groups is 1. The summed E-state index contributed by atoms with van der Waals surface area (Å²) in [5.74, 6) is -1.51. The number of aromatic amines is 1. The number of carbonyl (C=O) groups excluding carboxylic acids is 1. The minimum absolute atomic E-state index is 0.00892. The van der Waals surface area contributed by atoms with E-state index in [1.807, 2.05) is 9.62 Å². The van der Waals surface area contributed by atoms with Gasteiger partial charge in [0.2, 0.25) is 0 Å². The number of nitro benzene ring substituents is 1. The Labute approximate surface area is 387 Å². The molecule has 4 aliphatic heterocycles. The van der Waals surface area contributed by atoms with Crippen molar-refractivity contribution in [2.24, 2.45) is 5.41 Å². The van der Waals surface area contributed by atoms with Gasteiger partial charge in [-0.05, 0) is 85.7 Å². The minimum Gasteiger partial charge on any atom is -0.490 e. The van der Waals surface area contributed by atoms with Gasteiger partial charge in [-0.25, -0.2) is 26.9 Å². The highest BCUT2D eigenvalue weighted by Crippen LogP contribution is 2.55. The summed E-state index contributed by atoms with van der Waals surface area (Å²) in [6.45, 7) is 6.85. The lowest BCUT2D eigenvalue weighted by Gasteiger charge is -2.56. The number of nitrogens with one attached hydrogen (secondary N) is 3. The van der Waals surface area contributed by atoms with Crippen LogP contribution in [0.3, 0.4) is 0 Å². The molecule has 354 valence electrons. The predicted molar refractivity (Wildman–Crippen MR) is 248 cm³/mol. The summed E-state index contributed by atoms with van der Waals surface area (Å²) < 4.78 is 79.7. The van der Waals surface area contributed by atoms with Crippen molar-refractivity contribution in [1.29, 1.82) is 0 Å². The number of anilines is 2. The van der Waals surface area contributed by atoms with Crippen LogP contribution in [-0.2, 0) is 21.2 Å². The third-order valence-corrected chi connectivity index (χ3v) is 16.1. The molecular formula is C49H55F2N7O8S. The van der Waals surface area contributed by atoms with E-state index in [0.717, 1.165) is 50.8 Å². The number of halogens is 2. The largest absolute Gasteiger partial charge is 0.490 e. The molecule has 18 heteroatoms. The van der Waals surface area contributed by atoms with Gasteiger partial charge >= 0.3 is 0 Å². The quantitative estimate of drug-likeness (QED) is 0.0754. The van der Waals surface area contributed by atoms with E-state index >= 15 is 8.78 Å². The van der Waals surface area contributed by atoms with Gasteiger partial charge in [0.1, 0.15) is 33.5 Å². The molecule has 1 amide bonds. The molecule has 1 saturated carbocycles.